The van der Waals surface area contributed by atoms with Crippen LogP contribution in [0.3, 0.4) is 0 Å². The highest BCUT2D eigenvalue weighted by molar-refractivity contribution is 4.89. The van der Waals surface area contributed by atoms with Gasteiger partial charge in [0.1, 0.15) is 0 Å². The Morgan fingerprint density at radius 1 is 1.37 bits per heavy atom. The van der Waals surface area contributed by atoms with E-state index in [0.717, 1.165) is 38.8 Å². The lowest BCUT2D eigenvalue weighted by molar-refractivity contribution is -0.0396. The van der Waals surface area contributed by atoms with Crippen LogP contribution < -0.4 is 5.32 Å². The summed E-state index contributed by atoms with van der Waals surface area (Å²) in [6.07, 6.45) is 6.90. The van der Waals surface area contributed by atoms with Gasteiger partial charge in [-0.15, -0.1) is 0 Å². The Hall–Kier alpha value is -0.120. The van der Waals surface area contributed by atoms with Crippen LogP contribution in [0.2, 0.25) is 0 Å². The SMILES string of the molecule is CC1CCCC(O)(CNC2CCOC(C(C)C)C2)C1. The highest BCUT2D eigenvalue weighted by Crippen LogP contribution is 2.32. The van der Waals surface area contributed by atoms with Gasteiger partial charge >= 0.3 is 0 Å². The van der Waals surface area contributed by atoms with Crippen molar-refractivity contribution in [3.63, 3.8) is 0 Å². The van der Waals surface area contributed by atoms with E-state index in [9.17, 15) is 5.11 Å². The molecule has 2 N–H and O–H groups in total. The van der Waals surface area contributed by atoms with Crippen LogP contribution in [0.4, 0.5) is 0 Å². The van der Waals surface area contributed by atoms with Crippen molar-refractivity contribution in [1.29, 1.82) is 0 Å². The van der Waals surface area contributed by atoms with Gasteiger partial charge < -0.3 is 15.2 Å². The molecule has 2 aliphatic rings. The summed E-state index contributed by atoms with van der Waals surface area (Å²) in [5.74, 6) is 1.25. The Labute approximate surface area is 118 Å². The Bertz CT molecular complexity index is 282. The quantitative estimate of drug-likeness (QED) is 0.824. The monoisotopic (exact) mass is 269 g/mol. The molecule has 0 radical (unpaired) electrons. The zero-order valence-electron chi connectivity index (χ0n) is 12.8. The second-order valence-corrected chi connectivity index (χ2v) is 7.18. The molecule has 0 spiro atoms. The molecular weight excluding hydrogens is 238 g/mol. The van der Waals surface area contributed by atoms with Gasteiger partial charge in [0, 0.05) is 19.2 Å². The van der Waals surface area contributed by atoms with Crippen LogP contribution in [0.1, 0.15) is 59.3 Å². The summed E-state index contributed by atoms with van der Waals surface area (Å²) in [5, 5.41) is 14.3. The molecule has 0 aromatic heterocycles. The van der Waals surface area contributed by atoms with Crippen LogP contribution >= 0.6 is 0 Å². The predicted molar refractivity (Wildman–Crippen MR) is 78.2 cm³/mol. The van der Waals surface area contributed by atoms with Crippen LogP contribution in [0.15, 0.2) is 0 Å². The third-order valence-corrected chi connectivity index (χ3v) is 4.85. The van der Waals surface area contributed by atoms with Crippen molar-refractivity contribution in [2.75, 3.05) is 13.2 Å². The van der Waals surface area contributed by atoms with E-state index in [0.29, 0.717) is 24.0 Å². The highest BCUT2D eigenvalue weighted by atomic mass is 16.5. The third-order valence-electron chi connectivity index (χ3n) is 4.85. The summed E-state index contributed by atoms with van der Waals surface area (Å²) in [5.41, 5.74) is -0.469. The van der Waals surface area contributed by atoms with Gasteiger partial charge in [0.25, 0.3) is 0 Å². The summed E-state index contributed by atoms with van der Waals surface area (Å²) < 4.78 is 5.80. The standard InChI is InChI=1S/C16H31NO2/c1-12(2)15-9-14(6-8-19-15)17-11-16(18)7-4-5-13(3)10-16/h12-15,17-18H,4-11H2,1-3H3. The number of hydrogen-bond donors (Lipinski definition) is 2. The molecule has 1 aliphatic heterocycles. The molecule has 0 bridgehead atoms. The third kappa shape index (κ3) is 4.44. The number of ether oxygens (including phenoxy) is 1. The molecule has 2 fully saturated rings. The number of nitrogens with one attached hydrogen (secondary N) is 1. The minimum Gasteiger partial charge on any atom is -0.389 e. The molecule has 3 heteroatoms. The van der Waals surface area contributed by atoms with E-state index in [2.05, 4.69) is 26.1 Å². The number of aliphatic hydroxyl groups is 1. The summed E-state index contributed by atoms with van der Waals surface area (Å²) in [7, 11) is 0. The molecule has 1 saturated carbocycles. The smallest absolute Gasteiger partial charge is 0.0774 e. The van der Waals surface area contributed by atoms with E-state index < -0.39 is 5.60 Å². The number of rotatable bonds is 4. The minimum absolute atomic E-state index is 0.381. The van der Waals surface area contributed by atoms with Crippen LogP contribution in [0.25, 0.3) is 0 Å². The molecule has 3 nitrogen and oxygen atoms in total. The fourth-order valence-corrected chi connectivity index (χ4v) is 3.61. The summed E-state index contributed by atoms with van der Waals surface area (Å²) in [6.45, 7) is 8.32. The molecule has 1 saturated heterocycles. The average molecular weight is 269 g/mol. The topological polar surface area (TPSA) is 41.5 Å². The van der Waals surface area contributed by atoms with Gasteiger partial charge in [0.2, 0.25) is 0 Å². The van der Waals surface area contributed by atoms with Crippen molar-refractivity contribution in [2.24, 2.45) is 11.8 Å². The van der Waals surface area contributed by atoms with E-state index in [1.54, 1.807) is 0 Å². The van der Waals surface area contributed by atoms with E-state index in [4.69, 9.17) is 4.74 Å². The first-order chi connectivity index (χ1) is 8.98. The predicted octanol–water partition coefficient (Wildman–Crippen LogP) is 2.72. The first-order valence-electron chi connectivity index (χ1n) is 8.06. The van der Waals surface area contributed by atoms with Crippen molar-refractivity contribution in [3.05, 3.63) is 0 Å². The summed E-state index contributed by atoms with van der Waals surface area (Å²) in [4.78, 5) is 0. The molecule has 4 atom stereocenters. The van der Waals surface area contributed by atoms with Gasteiger partial charge in [0.15, 0.2) is 0 Å². The fourth-order valence-electron chi connectivity index (χ4n) is 3.61. The Balaban J connectivity index is 1.78. The van der Waals surface area contributed by atoms with Crippen molar-refractivity contribution < 1.29 is 9.84 Å². The molecule has 1 aliphatic carbocycles. The second-order valence-electron chi connectivity index (χ2n) is 7.18. The second kappa shape index (κ2) is 6.55. The van der Waals surface area contributed by atoms with Gasteiger partial charge in [0.05, 0.1) is 11.7 Å². The normalized spacial score (nSPS) is 40.6. The molecule has 112 valence electrons. The highest BCUT2D eigenvalue weighted by Gasteiger charge is 2.33. The van der Waals surface area contributed by atoms with Crippen molar-refractivity contribution in [2.45, 2.75) is 77.0 Å². The van der Waals surface area contributed by atoms with Crippen LogP contribution in [0, 0.1) is 11.8 Å². The number of hydrogen-bond acceptors (Lipinski definition) is 3. The molecule has 2 rings (SSSR count). The molecule has 1 heterocycles. The lowest BCUT2D eigenvalue weighted by Crippen LogP contribution is -2.49. The maximum absolute atomic E-state index is 10.7. The molecule has 0 aromatic carbocycles. The van der Waals surface area contributed by atoms with Gasteiger partial charge in [-0.05, 0) is 37.5 Å². The minimum atomic E-state index is -0.469. The Kier molecular flexibility index (Phi) is 5.27. The van der Waals surface area contributed by atoms with E-state index in [1.807, 2.05) is 0 Å². The van der Waals surface area contributed by atoms with Gasteiger partial charge in [-0.1, -0.05) is 33.6 Å². The van der Waals surface area contributed by atoms with E-state index >= 15 is 0 Å². The van der Waals surface area contributed by atoms with E-state index in [-0.39, 0.29) is 0 Å². The Morgan fingerprint density at radius 3 is 2.84 bits per heavy atom. The van der Waals surface area contributed by atoms with Crippen LogP contribution in [-0.4, -0.2) is 36.0 Å². The lowest BCUT2D eigenvalue weighted by atomic mass is 9.78. The van der Waals surface area contributed by atoms with Crippen LogP contribution in [0.5, 0.6) is 0 Å². The average Bonchev–Trinajstić information content (AvgIpc) is 2.36. The maximum atomic E-state index is 10.7. The molecule has 4 unspecified atom stereocenters. The van der Waals surface area contributed by atoms with Crippen molar-refractivity contribution in [1.82, 2.24) is 5.32 Å². The zero-order valence-corrected chi connectivity index (χ0v) is 12.8. The molecule has 0 aromatic rings. The van der Waals surface area contributed by atoms with Crippen molar-refractivity contribution >= 4 is 0 Å². The Morgan fingerprint density at radius 2 is 2.16 bits per heavy atom. The van der Waals surface area contributed by atoms with Crippen LogP contribution in [-0.2, 0) is 4.74 Å². The van der Waals surface area contributed by atoms with E-state index in [1.165, 1.54) is 12.8 Å². The maximum Gasteiger partial charge on any atom is 0.0774 e. The zero-order chi connectivity index (χ0) is 13.9. The first kappa shape index (κ1) is 15.3. The summed E-state index contributed by atoms with van der Waals surface area (Å²) in [6, 6.07) is 0.516. The molecule has 0 amide bonds. The molecule has 19 heavy (non-hydrogen) atoms. The lowest BCUT2D eigenvalue weighted by Gasteiger charge is -2.38. The van der Waals surface area contributed by atoms with Crippen molar-refractivity contribution in [3.8, 4) is 0 Å². The van der Waals surface area contributed by atoms with Gasteiger partial charge in [-0.3, -0.25) is 0 Å². The van der Waals surface area contributed by atoms with Gasteiger partial charge in [-0.25, -0.2) is 0 Å². The summed E-state index contributed by atoms with van der Waals surface area (Å²) >= 11 is 0. The fraction of sp³-hybridized carbons (Fsp3) is 1.00. The first-order valence-corrected chi connectivity index (χ1v) is 8.06. The largest absolute Gasteiger partial charge is 0.389 e. The van der Waals surface area contributed by atoms with Gasteiger partial charge in [-0.2, -0.15) is 0 Å². The molecular formula is C16H31NO2.